The molecule has 2 aromatic rings. The summed E-state index contributed by atoms with van der Waals surface area (Å²) < 4.78 is 0. The van der Waals surface area contributed by atoms with E-state index in [9.17, 15) is 5.11 Å². The number of aromatic nitrogens is 1. The summed E-state index contributed by atoms with van der Waals surface area (Å²) in [5, 5.41) is 14.8. The molecule has 20 heavy (non-hydrogen) atoms. The van der Waals surface area contributed by atoms with Gasteiger partial charge in [0.15, 0.2) is 0 Å². The fourth-order valence-electron chi connectivity index (χ4n) is 2.40. The van der Waals surface area contributed by atoms with Crippen LogP contribution in [0.25, 0.3) is 10.9 Å². The van der Waals surface area contributed by atoms with Crippen LogP contribution in [0.2, 0.25) is 5.02 Å². The first-order valence-corrected chi connectivity index (χ1v) is 7.41. The van der Waals surface area contributed by atoms with E-state index in [4.69, 9.17) is 11.6 Å². The van der Waals surface area contributed by atoms with Gasteiger partial charge in [0.25, 0.3) is 0 Å². The summed E-state index contributed by atoms with van der Waals surface area (Å²) in [4.78, 5) is 4.43. The molecule has 2 rings (SSSR count). The lowest BCUT2D eigenvalue weighted by molar-refractivity contribution is 0.149. The van der Waals surface area contributed by atoms with Gasteiger partial charge in [-0.05, 0) is 36.6 Å². The summed E-state index contributed by atoms with van der Waals surface area (Å²) in [6.45, 7) is 4.99. The molecular weight excluding hydrogens is 272 g/mol. The summed E-state index contributed by atoms with van der Waals surface area (Å²) in [6, 6.07) is 7.77. The Balaban J connectivity index is 2.29. The Kier molecular flexibility index (Phi) is 4.97. The molecule has 1 aromatic heterocycles. The number of pyridine rings is 1. The van der Waals surface area contributed by atoms with Gasteiger partial charge in [-0.1, -0.05) is 31.5 Å². The molecule has 1 heterocycles. The first kappa shape index (κ1) is 15.2. The molecule has 0 bridgehead atoms. The van der Waals surface area contributed by atoms with Crippen molar-refractivity contribution in [2.75, 3.05) is 6.61 Å². The van der Waals surface area contributed by atoms with Crippen LogP contribution in [0.4, 0.5) is 0 Å². The van der Waals surface area contributed by atoms with Crippen molar-refractivity contribution in [2.45, 2.75) is 38.8 Å². The Bertz CT molecular complexity index is 573. The highest BCUT2D eigenvalue weighted by atomic mass is 35.5. The van der Waals surface area contributed by atoms with E-state index in [-0.39, 0.29) is 12.1 Å². The quantitative estimate of drug-likeness (QED) is 0.856. The van der Waals surface area contributed by atoms with Crippen LogP contribution in [0, 0.1) is 0 Å². The molecular formula is C16H21ClN2O. The van der Waals surface area contributed by atoms with Crippen molar-refractivity contribution in [3.05, 3.63) is 41.0 Å². The van der Waals surface area contributed by atoms with Gasteiger partial charge in [-0.3, -0.25) is 4.98 Å². The molecule has 0 saturated carbocycles. The standard InChI is InChI=1S/C16H21ClN2O/c1-3-16(4-2,11-20)19-10-12-7-8-14(17)13-6-5-9-18-15(12)13/h5-9,19-20H,3-4,10-11H2,1-2H3. The summed E-state index contributed by atoms with van der Waals surface area (Å²) in [6.07, 6.45) is 3.55. The molecule has 0 amide bonds. The molecule has 0 aliphatic rings. The molecule has 0 unspecified atom stereocenters. The predicted molar refractivity (Wildman–Crippen MR) is 84.0 cm³/mol. The second kappa shape index (κ2) is 6.53. The number of rotatable bonds is 6. The molecule has 1 aromatic carbocycles. The normalized spacial score (nSPS) is 12.0. The van der Waals surface area contributed by atoms with Gasteiger partial charge < -0.3 is 10.4 Å². The number of hydrogen-bond donors (Lipinski definition) is 2. The SMILES string of the molecule is CCC(CC)(CO)NCc1ccc(Cl)c2cccnc12. The van der Waals surface area contributed by atoms with Crippen molar-refractivity contribution >= 4 is 22.5 Å². The molecule has 0 aliphatic heterocycles. The zero-order chi connectivity index (χ0) is 14.6. The highest BCUT2D eigenvalue weighted by Gasteiger charge is 2.24. The number of halogens is 1. The Morgan fingerprint density at radius 1 is 1.25 bits per heavy atom. The van der Waals surface area contributed by atoms with Gasteiger partial charge >= 0.3 is 0 Å². The van der Waals surface area contributed by atoms with Crippen molar-refractivity contribution in [2.24, 2.45) is 0 Å². The third kappa shape index (κ3) is 2.95. The van der Waals surface area contributed by atoms with Crippen LogP contribution in [0.3, 0.4) is 0 Å². The van der Waals surface area contributed by atoms with Gasteiger partial charge in [0.2, 0.25) is 0 Å². The van der Waals surface area contributed by atoms with Gasteiger partial charge in [-0.2, -0.15) is 0 Å². The largest absolute Gasteiger partial charge is 0.394 e. The predicted octanol–water partition coefficient (Wildman–Crippen LogP) is 3.53. The average molecular weight is 293 g/mol. The minimum Gasteiger partial charge on any atom is -0.394 e. The van der Waals surface area contributed by atoms with Crippen LogP contribution in [0.5, 0.6) is 0 Å². The van der Waals surface area contributed by atoms with Crippen molar-refractivity contribution in [3.63, 3.8) is 0 Å². The first-order valence-electron chi connectivity index (χ1n) is 7.04. The van der Waals surface area contributed by atoms with Gasteiger partial charge in [-0.15, -0.1) is 0 Å². The number of nitrogens with one attached hydrogen (secondary N) is 1. The summed E-state index contributed by atoms with van der Waals surface area (Å²) >= 11 is 6.20. The topological polar surface area (TPSA) is 45.1 Å². The first-order chi connectivity index (χ1) is 9.65. The van der Waals surface area contributed by atoms with Crippen LogP contribution in [0.1, 0.15) is 32.3 Å². The number of fused-ring (bicyclic) bond motifs is 1. The van der Waals surface area contributed by atoms with Gasteiger partial charge in [0, 0.05) is 28.7 Å². The van der Waals surface area contributed by atoms with Crippen molar-refractivity contribution in [1.29, 1.82) is 0 Å². The summed E-state index contributed by atoms with van der Waals surface area (Å²) in [7, 11) is 0. The highest BCUT2D eigenvalue weighted by Crippen LogP contribution is 2.25. The second-order valence-electron chi connectivity index (χ2n) is 5.11. The molecule has 0 aliphatic carbocycles. The van der Waals surface area contributed by atoms with Gasteiger partial charge in [0.1, 0.15) is 0 Å². The fourth-order valence-corrected chi connectivity index (χ4v) is 2.62. The van der Waals surface area contributed by atoms with E-state index >= 15 is 0 Å². The Labute approximate surface area is 125 Å². The molecule has 0 fully saturated rings. The van der Waals surface area contributed by atoms with Crippen molar-refractivity contribution < 1.29 is 5.11 Å². The van der Waals surface area contributed by atoms with Gasteiger partial charge in [0.05, 0.1) is 12.1 Å². The zero-order valence-corrected chi connectivity index (χ0v) is 12.7. The van der Waals surface area contributed by atoms with Crippen LogP contribution in [-0.4, -0.2) is 22.2 Å². The Hall–Kier alpha value is -1.16. The molecule has 108 valence electrons. The van der Waals surface area contributed by atoms with Crippen LogP contribution in [0.15, 0.2) is 30.5 Å². The van der Waals surface area contributed by atoms with E-state index in [0.717, 1.165) is 34.3 Å². The lowest BCUT2D eigenvalue weighted by atomic mass is 9.93. The molecule has 3 nitrogen and oxygen atoms in total. The summed E-state index contributed by atoms with van der Waals surface area (Å²) in [5.74, 6) is 0. The maximum absolute atomic E-state index is 9.61. The molecule has 0 atom stereocenters. The van der Waals surface area contributed by atoms with E-state index in [1.165, 1.54) is 0 Å². The smallest absolute Gasteiger partial charge is 0.0761 e. The second-order valence-corrected chi connectivity index (χ2v) is 5.51. The van der Waals surface area contributed by atoms with Crippen LogP contribution >= 0.6 is 11.6 Å². The fraction of sp³-hybridized carbons (Fsp3) is 0.438. The number of aliphatic hydroxyl groups excluding tert-OH is 1. The molecule has 0 saturated heterocycles. The maximum Gasteiger partial charge on any atom is 0.0761 e. The Morgan fingerprint density at radius 2 is 2.00 bits per heavy atom. The van der Waals surface area contributed by atoms with E-state index < -0.39 is 0 Å². The van der Waals surface area contributed by atoms with Crippen LogP contribution in [-0.2, 0) is 6.54 Å². The minimum atomic E-state index is -0.221. The third-order valence-corrected chi connectivity index (χ3v) is 4.44. The van der Waals surface area contributed by atoms with E-state index in [0.29, 0.717) is 6.54 Å². The molecule has 2 N–H and O–H groups in total. The number of hydrogen-bond acceptors (Lipinski definition) is 3. The molecule has 4 heteroatoms. The highest BCUT2D eigenvalue weighted by molar-refractivity contribution is 6.35. The average Bonchev–Trinajstić information content (AvgIpc) is 2.51. The van der Waals surface area contributed by atoms with E-state index in [1.54, 1.807) is 6.20 Å². The number of benzene rings is 1. The van der Waals surface area contributed by atoms with Gasteiger partial charge in [-0.25, -0.2) is 0 Å². The monoisotopic (exact) mass is 292 g/mol. The van der Waals surface area contributed by atoms with Crippen molar-refractivity contribution in [3.8, 4) is 0 Å². The lowest BCUT2D eigenvalue weighted by Crippen LogP contribution is -2.47. The Morgan fingerprint density at radius 3 is 2.65 bits per heavy atom. The summed E-state index contributed by atoms with van der Waals surface area (Å²) in [5.41, 5.74) is 1.80. The molecule has 0 radical (unpaired) electrons. The van der Waals surface area contributed by atoms with E-state index in [1.807, 2.05) is 24.3 Å². The zero-order valence-electron chi connectivity index (χ0n) is 12.0. The maximum atomic E-state index is 9.61. The lowest BCUT2D eigenvalue weighted by Gasteiger charge is -2.31. The van der Waals surface area contributed by atoms with E-state index in [2.05, 4.69) is 24.1 Å². The molecule has 0 spiro atoms. The number of aliphatic hydroxyl groups is 1. The van der Waals surface area contributed by atoms with Crippen LogP contribution < -0.4 is 5.32 Å². The number of nitrogens with zero attached hydrogens (tertiary/aromatic N) is 1. The third-order valence-electron chi connectivity index (χ3n) is 4.11. The minimum absolute atomic E-state index is 0.138. The van der Waals surface area contributed by atoms with Crippen molar-refractivity contribution in [1.82, 2.24) is 10.3 Å².